The van der Waals surface area contributed by atoms with Crippen molar-refractivity contribution in [2.45, 2.75) is 11.4 Å². The standard InChI is InChI=1S/C31H26ClF2N9O2S/c32-20-5-1-2-7-25(20)46(44,45)41-22-9-8-21(33)29(27(22)34)40-31-30-23(36-17-37-31)10-11-26(39-30)43-18-38-28-19(4-3-6-24(28)43)16-42-14-12-35-13-15-42/h1-11,17-18,35,41H,12-16H2,(H,36,37,40). The Bertz CT molecular complexity index is 2210. The summed E-state index contributed by atoms with van der Waals surface area (Å²) in [4.78, 5) is 20.0. The fraction of sp³-hybridized carbons (Fsp3) is 0.161. The van der Waals surface area contributed by atoms with E-state index in [9.17, 15) is 8.42 Å². The third-order valence-electron chi connectivity index (χ3n) is 7.68. The van der Waals surface area contributed by atoms with E-state index in [2.05, 4.69) is 36.3 Å². The molecule has 46 heavy (non-hydrogen) atoms. The van der Waals surface area contributed by atoms with Crippen LogP contribution in [-0.2, 0) is 16.6 Å². The van der Waals surface area contributed by atoms with Gasteiger partial charge in [0.2, 0.25) is 0 Å². The fourth-order valence-electron chi connectivity index (χ4n) is 5.40. The maximum atomic E-state index is 15.7. The van der Waals surface area contributed by atoms with E-state index in [1.54, 1.807) is 24.5 Å². The lowest BCUT2D eigenvalue weighted by Gasteiger charge is -2.27. The van der Waals surface area contributed by atoms with E-state index in [0.29, 0.717) is 11.3 Å². The molecule has 1 saturated heterocycles. The molecule has 0 radical (unpaired) electrons. The molecule has 0 unspecified atom stereocenters. The quantitative estimate of drug-likeness (QED) is 0.200. The molecular weight excluding hydrogens is 636 g/mol. The highest BCUT2D eigenvalue weighted by molar-refractivity contribution is 7.92. The number of nitrogens with one attached hydrogen (secondary N) is 3. The first-order chi connectivity index (χ1) is 22.3. The van der Waals surface area contributed by atoms with Crippen LogP contribution in [0.15, 0.2) is 84.3 Å². The number of anilines is 3. The molecule has 0 spiro atoms. The summed E-state index contributed by atoms with van der Waals surface area (Å²) >= 11 is 6.05. The molecule has 3 aromatic carbocycles. The van der Waals surface area contributed by atoms with Crippen LogP contribution in [0, 0.1) is 11.6 Å². The number of sulfonamides is 1. The number of rotatable bonds is 8. The van der Waals surface area contributed by atoms with Crippen LogP contribution in [0.5, 0.6) is 0 Å². The second-order valence-electron chi connectivity index (χ2n) is 10.6. The van der Waals surface area contributed by atoms with Gasteiger partial charge < -0.3 is 10.6 Å². The predicted octanol–water partition coefficient (Wildman–Crippen LogP) is 5.24. The molecule has 0 bridgehead atoms. The van der Waals surface area contributed by atoms with Crippen LogP contribution in [0.25, 0.3) is 27.9 Å². The van der Waals surface area contributed by atoms with Crippen molar-refractivity contribution in [1.29, 1.82) is 0 Å². The van der Waals surface area contributed by atoms with Crippen molar-refractivity contribution in [2.24, 2.45) is 0 Å². The van der Waals surface area contributed by atoms with Gasteiger partial charge in [-0.05, 0) is 48.0 Å². The molecule has 234 valence electrons. The minimum Gasteiger partial charge on any atom is -0.333 e. The minimum absolute atomic E-state index is 0.0135. The number of benzene rings is 3. The van der Waals surface area contributed by atoms with Crippen molar-refractivity contribution >= 4 is 60.9 Å². The third kappa shape index (κ3) is 5.71. The molecule has 3 aromatic heterocycles. The zero-order valence-electron chi connectivity index (χ0n) is 24.1. The molecule has 1 aliphatic heterocycles. The number of fused-ring (bicyclic) bond motifs is 2. The third-order valence-corrected chi connectivity index (χ3v) is 9.55. The van der Waals surface area contributed by atoms with Gasteiger partial charge in [0.1, 0.15) is 40.4 Å². The van der Waals surface area contributed by atoms with Gasteiger partial charge in [-0.25, -0.2) is 37.1 Å². The van der Waals surface area contributed by atoms with Crippen molar-refractivity contribution in [1.82, 2.24) is 34.7 Å². The van der Waals surface area contributed by atoms with Crippen molar-refractivity contribution in [3.63, 3.8) is 0 Å². The molecule has 3 N–H and O–H groups in total. The lowest BCUT2D eigenvalue weighted by Crippen LogP contribution is -2.42. The summed E-state index contributed by atoms with van der Waals surface area (Å²) in [5, 5.41) is 5.98. The number of piperazine rings is 1. The number of imidazole rings is 1. The molecule has 1 aliphatic rings. The number of para-hydroxylation sites is 1. The summed E-state index contributed by atoms with van der Waals surface area (Å²) in [5.41, 5.74) is 2.34. The van der Waals surface area contributed by atoms with E-state index in [-0.39, 0.29) is 21.3 Å². The van der Waals surface area contributed by atoms with Crippen LogP contribution >= 0.6 is 11.6 Å². The van der Waals surface area contributed by atoms with E-state index >= 15 is 8.78 Å². The Labute approximate surface area is 267 Å². The van der Waals surface area contributed by atoms with Crippen molar-refractivity contribution < 1.29 is 17.2 Å². The Morgan fingerprint density at radius 1 is 0.913 bits per heavy atom. The number of halogens is 3. The smallest absolute Gasteiger partial charge is 0.263 e. The van der Waals surface area contributed by atoms with Crippen LogP contribution < -0.4 is 15.4 Å². The number of hydrogen-bond acceptors (Lipinski definition) is 9. The van der Waals surface area contributed by atoms with Crippen LogP contribution in [0.4, 0.5) is 26.0 Å². The average Bonchev–Trinajstić information content (AvgIpc) is 3.50. The molecule has 15 heteroatoms. The van der Waals surface area contributed by atoms with E-state index in [4.69, 9.17) is 21.6 Å². The van der Waals surface area contributed by atoms with Crippen LogP contribution in [-0.4, -0.2) is 64.0 Å². The maximum absolute atomic E-state index is 15.7. The highest BCUT2D eigenvalue weighted by atomic mass is 35.5. The van der Waals surface area contributed by atoms with E-state index in [0.717, 1.165) is 61.5 Å². The van der Waals surface area contributed by atoms with E-state index in [1.807, 2.05) is 16.7 Å². The molecule has 1 fully saturated rings. The second-order valence-corrected chi connectivity index (χ2v) is 12.7. The van der Waals surface area contributed by atoms with Crippen LogP contribution in [0.1, 0.15) is 5.56 Å². The van der Waals surface area contributed by atoms with Crippen molar-refractivity contribution in [3.05, 3.63) is 102 Å². The zero-order chi connectivity index (χ0) is 31.8. The molecule has 6 aromatic rings. The molecule has 0 saturated carbocycles. The molecular formula is C31H26ClF2N9O2S. The Morgan fingerprint density at radius 3 is 2.57 bits per heavy atom. The first-order valence-electron chi connectivity index (χ1n) is 14.3. The second kappa shape index (κ2) is 12.2. The SMILES string of the molecule is O=S(=O)(Nc1ccc(F)c(Nc2ncnc3ccc(-n4cnc5c(CN6CCNCC6)cccc54)nc23)c1F)c1ccccc1Cl. The monoisotopic (exact) mass is 661 g/mol. The first-order valence-corrected chi connectivity index (χ1v) is 16.2. The summed E-state index contributed by atoms with van der Waals surface area (Å²) < 4.78 is 60.6. The molecule has 4 heterocycles. The van der Waals surface area contributed by atoms with Crippen LogP contribution in [0.2, 0.25) is 5.02 Å². The lowest BCUT2D eigenvalue weighted by molar-refractivity contribution is 0.234. The van der Waals surface area contributed by atoms with Crippen LogP contribution in [0.3, 0.4) is 0 Å². The molecule has 0 amide bonds. The molecule has 0 atom stereocenters. The minimum atomic E-state index is -4.29. The number of pyridine rings is 1. The van der Waals surface area contributed by atoms with E-state index < -0.39 is 33.0 Å². The molecule has 11 nitrogen and oxygen atoms in total. The normalized spacial score (nSPS) is 14.2. The summed E-state index contributed by atoms with van der Waals surface area (Å²) in [6.45, 7) is 4.57. The lowest BCUT2D eigenvalue weighted by atomic mass is 10.1. The largest absolute Gasteiger partial charge is 0.333 e. The molecule has 7 rings (SSSR count). The van der Waals surface area contributed by atoms with Crippen molar-refractivity contribution in [3.8, 4) is 5.82 Å². The molecule has 0 aliphatic carbocycles. The van der Waals surface area contributed by atoms with Gasteiger partial charge in [0.05, 0.1) is 27.3 Å². The van der Waals surface area contributed by atoms with Gasteiger partial charge >= 0.3 is 0 Å². The van der Waals surface area contributed by atoms with Gasteiger partial charge in [0, 0.05) is 32.7 Å². The predicted molar refractivity (Wildman–Crippen MR) is 172 cm³/mol. The highest BCUT2D eigenvalue weighted by Crippen LogP contribution is 2.32. The Hall–Kier alpha value is -4.76. The van der Waals surface area contributed by atoms with Gasteiger partial charge in [-0.3, -0.25) is 14.2 Å². The zero-order valence-corrected chi connectivity index (χ0v) is 25.7. The van der Waals surface area contributed by atoms with Gasteiger partial charge in [-0.1, -0.05) is 35.9 Å². The Morgan fingerprint density at radius 2 is 1.74 bits per heavy atom. The van der Waals surface area contributed by atoms with Gasteiger partial charge in [-0.15, -0.1) is 0 Å². The number of nitrogens with zero attached hydrogens (tertiary/aromatic N) is 6. The van der Waals surface area contributed by atoms with Crippen molar-refractivity contribution in [2.75, 3.05) is 36.2 Å². The maximum Gasteiger partial charge on any atom is 0.263 e. The van der Waals surface area contributed by atoms with Gasteiger partial charge in [0.25, 0.3) is 10.0 Å². The highest BCUT2D eigenvalue weighted by Gasteiger charge is 2.23. The Balaban J connectivity index is 1.22. The Kier molecular flexibility index (Phi) is 7.94. The number of aromatic nitrogens is 5. The van der Waals surface area contributed by atoms with E-state index in [1.165, 1.54) is 24.5 Å². The first kappa shape index (κ1) is 29.9. The summed E-state index contributed by atoms with van der Waals surface area (Å²) in [6, 6.07) is 17.1. The topological polar surface area (TPSA) is 130 Å². The summed E-state index contributed by atoms with van der Waals surface area (Å²) in [5.74, 6) is -1.65. The average molecular weight is 662 g/mol. The number of hydrogen-bond donors (Lipinski definition) is 3. The van der Waals surface area contributed by atoms with Gasteiger partial charge in [0.15, 0.2) is 11.6 Å². The summed E-state index contributed by atoms with van der Waals surface area (Å²) in [6.07, 6.45) is 2.92. The summed E-state index contributed by atoms with van der Waals surface area (Å²) in [7, 11) is -4.29. The van der Waals surface area contributed by atoms with Gasteiger partial charge in [-0.2, -0.15) is 0 Å². The fourth-order valence-corrected chi connectivity index (χ4v) is 6.98.